The van der Waals surface area contributed by atoms with E-state index in [9.17, 15) is 9.90 Å². The predicted molar refractivity (Wildman–Crippen MR) is 64.6 cm³/mol. The number of hydrogen-bond donors (Lipinski definition) is 3. The Labute approximate surface area is 100 Å². The molecular formula is C10H21NO4S. The molecule has 0 aromatic rings. The molecule has 6 heteroatoms. The minimum Gasteiger partial charge on any atom is -0.480 e. The summed E-state index contributed by atoms with van der Waals surface area (Å²) in [6.07, 6.45) is -0.592. The summed E-state index contributed by atoms with van der Waals surface area (Å²) in [4.78, 5) is 10.7. The molecule has 0 rings (SSSR count). The molecule has 0 saturated heterocycles. The lowest BCUT2D eigenvalue weighted by atomic mass is 10.1. The fourth-order valence-corrected chi connectivity index (χ4v) is 2.00. The second-order valence-corrected chi connectivity index (χ2v) is 5.72. The maximum absolute atomic E-state index is 10.7. The zero-order valence-electron chi connectivity index (χ0n) is 9.97. The van der Waals surface area contributed by atoms with Crippen molar-refractivity contribution in [3.05, 3.63) is 0 Å². The van der Waals surface area contributed by atoms with Crippen LogP contribution in [-0.4, -0.2) is 52.0 Å². The lowest BCUT2D eigenvalue weighted by Gasteiger charge is -2.28. The summed E-state index contributed by atoms with van der Waals surface area (Å²) in [7, 11) is 0. The maximum Gasteiger partial charge on any atom is 0.321 e. The van der Waals surface area contributed by atoms with E-state index in [-0.39, 0.29) is 6.61 Å². The molecule has 0 radical (unpaired) electrons. The highest BCUT2D eigenvalue weighted by atomic mass is 32.2. The van der Waals surface area contributed by atoms with Gasteiger partial charge in [0, 0.05) is 17.1 Å². The quantitative estimate of drug-likeness (QED) is 0.575. The highest BCUT2D eigenvalue weighted by molar-refractivity contribution is 8.00. The number of thioether (sulfide) groups is 1. The van der Waals surface area contributed by atoms with Gasteiger partial charge < -0.3 is 20.7 Å². The average Bonchev–Trinajstić information content (AvgIpc) is 2.22. The van der Waals surface area contributed by atoms with Crippen LogP contribution in [0, 0.1) is 0 Å². The Balaban J connectivity index is 4.02. The van der Waals surface area contributed by atoms with Crippen molar-refractivity contribution in [2.24, 2.45) is 5.73 Å². The number of rotatable bonds is 8. The van der Waals surface area contributed by atoms with Gasteiger partial charge >= 0.3 is 5.97 Å². The molecule has 0 aliphatic heterocycles. The lowest BCUT2D eigenvalue weighted by molar-refractivity contribution is -0.139. The van der Waals surface area contributed by atoms with Crippen molar-refractivity contribution < 1.29 is 19.7 Å². The molecule has 1 unspecified atom stereocenters. The number of aliphatic hydroxyl groups excluding tert-OH is 1. The zero-order chi connectivity index (χ0) is 12.8. The summed E-state index contributed by atoms with van der Waals surface area (Å²) in [6, 6.07) is -0.947. The molecule has 5 nitrogen and oxygen atoms in total. The van der Waals surface area contributed by atoms with Crippen molar-refractivity contribution in [1.82, 2.24) is 0 Å². The largest absolute Gasteiger partial charge is 0.480 e. The minimum atomic E-state index is -1.03. The van der Waals surface area contributed by atoms with Crippen LogP contribution in [0.25, 0.3) is 0 Å². The van der Waals surface area contributed by atoms with Gasteiger partial charge in [0.2, 0.25) is 0 Å². The summed E-state index contributed by atoms with van der Waals surface area (Å²) in [5, 5.41) is 18.3. The fourth-order valence-electron chi connectivity index (χ4n) is 1.00. The Bertz CT molecular complexity index is 223. The Hall–Kier alpha value is -0.300. The first kappa shape index (κ1) is 15.7. The van der Waals surface area contributed by atoms with Crippen LogP contribution in [0.5, 0.6) is 0 Å². The first-order valence-corrected chi connectivity index (χ1v) is 6.18. The number of aliphatic hydroxyl groups is 1. The molecule has 0 spiro atoms. The Morgan fingerprint density at radius 1 is 1.56 bits per heavy atom. The van der Waals surface area contributed by atoms with E-state index in [4.69, 9.17) is 15.6 Å². The number of aliphatic carboxylic acids is 1. The van der Waals surface area contributed by atoms with Crippen molar-refractivity contribution in [2.45, 2.75) is 37.7 Å². The normalized spacial score (nSPS) is 15.8. The van der Waals surface area contributed by atoms with Gasteiger partial charge in [0.1, 0.15) is 6.04 Å². The maximum atomic E-state index is 10.7. The summed E-state index contributed by atoms with van der Waals surface area (Å²) in [5.74, 6) is -0.620. The molecular weight excluding hydrogens is 230 g/mol. The third-order valence-corrected chi connectivity index (χ3v) is 3.73. The molecule has 2 atom stereocenters. The smallest absolute Gasteiger partial charge is 0.321 e. The van der Waals surface area contributed by atoms with E-state index in [0.29, 0.717) is 12.4 Å². The molecule has 0 bridgehead atoms. The fraction of sp³-hybridized carbons (Fsp3) is 0.900. The summed E-state index contributed by atoms with van der Waals surface area (Å²) < 4.78 is 4.45. The first-order chi connectivity index (χ1) is 7.31. The highest BCUT2D eigenvalue weighted by Crippen LogP contribution is 2.28. The van der Waals surface area contributed by atoms with Gasteiger partial charge in [-0.15, -0.1) is 0 Å². The molecule has 0 aromatic heterocycles. The van der Waals surface area contributed by atoms with Gasteiger partial charge in [-0.3, -0.25) is 4.79 Å². The third kappa shape index (κ3) is 5.69. The SMILES string of the molecule is CCOCC(O)CSC(C)(C)[C@@H](N)C(=O)O. The lowest BCUT2D eigenvalue weighted by Crippen LogP contribution is -2.47. The second-order valence-electron chi connectivity index (χ2n) is 4.04. The van der Waals surface area contributed by atoms with Crippen LogP contribution in [0.2, 0.25) is 0 Å². The van der Waals surface area contributed by atoms with Crippen LogP contribution in [0.15, 0.2) is 0 Å². The molecule has 0 aliphatic carbocycles. The first-order valence-electron chi connectivity index (χ1n) is 5.19. The molecule has 4 N–H and O–H groups in total. The molecule has 0 amide bonds. The van der Waals surface area contributed by atoms with Gasteiger partial charge in [-0.25, -0.2) is 0 Å². The van der Waals surface area contributed by atoms with Gasteiger partial charge in [0.15, 0.2) is 0 Å². The molecule has 0 aliphatic rings. The molecule has 0 saturated carbocycles. The van der Waals surface area contributed by atoms with Crippen LogP contribution in [0.3, 0.4) is 0 Å². The number of nitrogens with two attached hydrogens (primary N) is 1. The van der Waals surface area contributed by atoms with E-state index < -0.39 is 22.9 Å². The van der Waals surface area contributed by atoms with E-state index in [1.54, 1.807) is 13.8 Å². The van der Waals surface area contributed by atoms with E-state index >= 15 is 0 Å². The average molecular weight is 251 g/mol. The predicted octanol–water partition coefficient (Wildman–Crippen LogP) is 0.307. The van der Waals surface area contributed by atoms with E-state index in [0.717, 1.165) is 0 Å². The van der Waals surface area contributed by atoms with Crippen LogP contribution < -0.4 is 5.73 Å². The number of carbonyl (C=O) groups is 1. The van der Waals surface area contributed by atoms with Crippen molar-refractivity contribution >= 4 is 17.7 Å². The van der Waals surface area contributed by atoms with Crippen molar-refractivity contribution in [3.8, 4) is 0 Å². The molecule has 0 aromatic carbocycles. The molecule has 96 valence electrons. The third-order valence-electron chi connectivity index (χ3n) is 2.18. The van der Waals surface area contributed by atoms with Crippen LogP contribution in [0.4, 0.5) is 0 Å². The summed E-state index contributed by atoms with van der Waals surface area (Å²) in [5.41, 5.74) is 5.55. The molecule has 0 heterocycles. The van der Waals surface area contributed by atoms with Gasteiger partial charge in [-0.2, -0.15) is 11.8 Å². The molecule has 0 fully saturated rings. The van der Waals surface area contributed by atoms with Crippen LogP contribution in [-0.2, 0) is 9.53 Å². The number of ether oxygens (including phenoxy) is 1. The van der Waals surface area contributed by atoms with E-state index in [2.05, 4.69) is 0 Å². The number of carboxylic acids is 1. The summed E-state index contributed by atoms with van der Waals surface area (Å²) in [6.45, 7) is 6.18. The highest BCUT2D eigenvalue weighted by Gasteiger charge is 2.32. The van der Waals surface area contributed by atoms with Gasteiger partial charge in [0.25, 0.3) is 0 Å². The topological polar surface area (TPSA) is 92.8 Å². The Morgan fingerprint density at radius 3 is 2.56 bits per heavy atom. The number of hydrogen-bond acceptors (Lipinski definition) is 5. The minimum absolute atomic E-state index is 0.266. The Kier molecular flexibility index (Phi) is 6.98. The van der Waals surface area contributed by atoms with Gasteiger partial charge in [-0.05, 0) is 20.8 Å². The monoisotopic (exact) mass is 251 g/mol. The van der Waals surface area contributed by atoms with Crippen LogP contribution in [0.1, 0.15) is 20.8 Å². The van der Waals surface area contributed by atoms with Crippen molar-refractivity contribution in [1.29, 1.82) is 0 Å². The van der Waals surface area contributed by atoms with Crippen LogP contribution >= 0.6 is 11.8 Å². The summed E-state index contributed by atoms with van der Waals surface area (Å²) >= 11 is 1.34. The molecule has 16 heavy (non-hydrogen) atoms. The van der Waals surface area contributed by atoms with E-state index in [1.807, 2.05) is 6.92 Å². The van der Waals surface area contributed by atoms with Crippen molar-refractivity contribution in [2.75, 3.05) is 19.0 Å². The standard InChI is InChI=1S/C10H21NO4S/c1-4-15-5-7(12)6-16-10(2,3)8(11)9(13)14/h7-8,12H,4-6,11H2,1-3H3,(H,13,14)/t7?,8-/m0/s1. The number of carboxylic acid groups (broad SMARTS) is 1. The van der Waals surface area contributed by atoms with Crippen molar-refractivity contribution in [3.63, 3.8) is 0 Å². The zero-order valence-corrected chi connectivity index (χ0v) is 10.8. The second kappa shape index (κ2) is 7.11. The van der Waals surface area contributed by atoms with E-state index in [1.165, 1.54) is 11.8 Å². The van der Waals surface area contributed by atoms with Gasteiger partial charge in [-0.1, -0.05) is 0 Å². The van der Waals surface area contributed by atoms with Gasteiger partial charge in [0.05, 0.1) is 12.7 Å². The Morgan fingerprint density at radius 2 is 2.12 bits per heavy atom.